The van der Waals surface area contributed by atoms with E-state index in [1.54, 1.807) is 0 Å². The van der Waals surface area contributed by atoms with E-state index >= 15 is 0 Å². The van der Waals surface area contributed by atoms with Crippen molar-refractivity contribution in [3.8, 4) is 0 Å². The summed E-state index contributed by atoms with van der Waals surface area (Å²) in [6.07, 6.45) is 43.2. The molecule has 0 aromatic rings. The minimum absolute atomic E-state index is 0.0518. The number of aliphatic hydroxyl groups is 2. The molecule has 55 heavy (non-hydrogen) atoms. The molecule has 328 valence electrons. The van der Waals surface area contributed by atoms with E-state index in [-0.39, 0.29) is 25.6 Å². The fourth-order valence-corrected chi connectivity index (χ4v) is 7.44. The first-order valence-electron chi connectivity index (χ1n) is 23.2. The lowest BCUT2D eigenvalue weighted by Gasteiger charge is -2.20. The Hall–Kier alpha value is -0.800. The van der Waals surface area contributed by atoms with Gasteiger partial charge in [-0.2, -0.15) is 0 Å². The first kappa shape index (κ1) is 54.2. The van der Waals surface area contributed by atoms with Gasteiger partial charge in [0.2, 0.25) is 0 Å². The zero-order valence-corrected chi connectivity index (χ0v) is 36.8. The first-order valence-corrected chi connectivity index (χ1v) is 24.7. The fraction of sp³-hybridized carbons (Fsp3) is 0.933. The number of aliphatic hydroxyl groups excluding tert-OH is 2. The van der Waals surface area contributed by atoms with E-state index < -0.39 is 33.2 Å². The van der Waals surface area contributed by atoms with Crippen LogP contribution in [0.1, 0.15) is 226 Å². The molecule has 0 saturated carbocycles. The van der Waals surface area contributed by atoms with E-state index in [2.05, 4.69) is 26.0 Å². The van der Waals surface area contributed by atoms with E-state index in [1.165, 1.54) is 154 Å². The molecule has 0 saturated heterocycles. The zero-order valence-electron chi connectivity index (χ0n) is 35.9. The SMILES string of the molecule is CCCCC/C=C\CCCCCCCC(=O)OC(COCCCCCCCCCCCCCCCCCCCCCCCC)COP(=O)(O)OCC(O)CO. The summed E-state index contributed by atoms with van der Waals surface area (Å²) in [5.74, 6) is -0.388. The lowest BCUT2D eigenvalue weighted by Crippen LogP contribution is -2.29. The number of ether oxygens (including phenoxy) is 2. The van der Waals surface area contributed by atoms with Crippen molar-refractivity contribution in [2.75, 3.05) is 33.0 Å². The van der Waals surface area contributed by atoms with Gasteiger partial charge in [0.15, 0.2) is 0 Å². The summed E-state index contributed by atoms with van der Waals surface area (Å²) in [5.41, 5.74) is 0. The number of carbonyl (C=O) groups excluding carboxylic acids is 1. The number of phosphoric ester groups is 1. The lowest BCUT2D eigenvalue weighted by molar-refractivity contribution is -0.154. The number of unbranched alkanes of at least 4 members (excludes halogenated alkanes) is 29. The van der Waals surface area contributed by atoms with Crippen LogP contribution in [0.5, 0.6) is 0 Å². The summed E-state index contributed by atoms with van der Waals surface area (Å²) in [6, 6.07) is 0. The normalized spacial score (nSPS) is 14.1. The van der Waals surface area contributed by atoms with Crippen LogP contribution in [-0.4, -0.2) is 66.3 Å². The summed E-state index contributed by atoms with van der Waals surface area (Å²) in [6.45, 7) is 3.53. The number of phosphoric acid groups is 1. The Morgan fingerprint density at radius 2 is 0.927 bits per heavy atom. The van der Waals surface area contributed by atoms with Crippen molar-refractivity contribution in [3.63, 3.8) is 0 Å². The molecule has 0 aromatic heterocycles. The predicted molar refractivity (Wildman–Crippen MR) is 228 cm³/mol. The molecule has 3 N–H and O–H groups in total. The predicted octanol–water partition coefficient (Wildman–Crippen LogP) is 12.9. The fourth-order valence-electron chi connectivity index (χ4n) is 6.65. The summed E-state index contributed by atoms with van der Waals surface area (Å²) in [5, 5.41) is 18.3. The Balaban J connectivity index is 4.02. The number of rotatable bonds is 45. The molecule has 0 spiro atoms. The van der Waals surface area contributed by atoms with Crippen LogP contribution >= 0.6 is 7.82 Å². The quantitative estimate of drug-likeness (QED) is 0.0238. The monoisotopic (exact) mass is 805 g/mol. The summed E-state index contributed by atoms with van der Waals surface area (Å²) < 4.78 is 33.4. The maximum absolute atomic E-state index is 12.6. The highest BCUT2D eigenvalue weighted by Crippen LogP contribution is 2.43. The van der Waals surface area contributed by atoms with Crippen molar-refractivity contribution in [2.45, 2.75) is 238 Å². The minimum atomic E-state index is -4.51. The van der Waals surface area contributed by atoms with Gasteiger partial charge in [-0.25, -0.2) is 4.57 Å². The minimum Gasteiger partial charge on any atom is -0.457 e. The second-order valence-corrected chi connectivity index (χ2v) is 17.2. The van der Waals surface area contributed by atoms with Crippen molar-refractivity contribution in [1.82, 2.24) is 0 Å². The van der Waals surface area contributed by atoms with Crippen molar-refractivity contribution < 1.29 is 43.0 Å². The molecule has 0 heterocycles. The Morgan fingerprint density at radius 1 is 0.545 bits per heavy atom. The van der Waals surface area contributed by atoms with E-state index in [9.17, 15) is 19.4 Å². The van der Waals surface area contributed by atoms with Crippen molar-refractivity contribution in [2.24, 2.45) is 0 Å². The van der Waals surface area contributed by atoms with Crippen LogP contribution in [0.15, 0.2) is 12.2 Å². The van der Waals surface area contributed by atoms with Gasteiger partial charge in [0, 0.05) is 13.0 Å². The maximum atomic E-state index is 12.6. The number of allylic oxidation sites excluding steroid dienone is 2. The molecule has 0 rings (SSSR count). The molecule has 0 aliphatic carbocycles. The molecular formula is C45H89O9P. The summed E-state index contributed by atoms with van der Waals surface area (Å²) in [7, 11) is -4.51. The van der Waals surface area contributed by atoms with Gasteiger partial charge in [-0.15, -0.1) is 0 Å². The molecule has 3 atom stereocenters. The summed E-state index contributed by atoms with van der Waals surface area (Å²) >= 11 is 0. The Bertz CT molecular complexity index is 871. The van der Waals surface area contributed by atoms with Gasteiger partial charge >= 0.3 is 13.8 Å². The van der Waals surface area contributed by atoms with Crippen LogP contribution in [0.2, 0.25) is 0 Å². The van der Waals surface area contributed by atoms with Crippen molar-refractivity contribution in [1.29, 1.82) is 0 Å². The van der Waals surface area contributed by atoms with E-state index in [0.29, 0.717) is 6.61 Å². The van der Waals surface area contributed by atoms with Crippen LogP contribution in [0.3, 0.4) is 0 Å². The highest BCUT2D eigenvalue weighted by Gasteiger charge is 2.26. The van der Waals surface area contributed by atoms with Crippen LogP contribution in [0, 0.1) is 0 Å². The van der Waals surface area contributed by atoms with Gasteiger partial charge in [-0.3, -0.25) is 13.8 Å². The lowest BCUT2D eigenvalue weighted by atomic mass is 10.0. The van der Waals surface area contributed by atoms with Crippen LogP contribution < -0.4 is 0 Å². The molecule has 0 aromatic carbocycles. The highest BCUT2D eigenvalue weighted by atomic mass is 31.2. The Labute approximate surface area is 339 Å². The third kappa shape index (κ3) is 42.6. The van der Waals surface area contributed by atoms with Gasteiger partial charge < -0.3 is 24.6 Å². The van der Waals surface area contributed by atoms with Gasteiger partial charge in [0.1, 0.15) is 12.2 Å². The van der Waals surface area contributed by atoms with Crippen LogP contribution in [0.4, 0.5) is 0 Å². The Kier molecular flexibility index (Phi) is 42.2. The molecule has 0 amide bonds. The summed E-state index contributed by atoms with van der Waals surface area (Å²) in [4.78, 5) is 22.5. The van der Waals surface area contributed by atoms with Crippen LogP contribution in [-0.2, 0) is 27.9 Å². The van der Waals surface area contributed by atoms with E-state index in [0.717, 1.165) is 51.4 Å². The van der Waals surface area contributed by atoms with Crippen LogP contribution in [0.25, 0.3) is 0 Å². The third-order valence-corrected chi connectivity index (χ3v) is 11.2. The molecule has 0 bridgehead atoms. The van der Waals surface area contributed by atoms with Gasteiger partial charge in [-0.1, -0.05) is 193 Å². The first-order chi connectivity index (χ1) is 26.8. The topological polar surface area (TPSA) is 132 Å². The smallest absolute Gasteiger partial charge is 0.457 e. The number of esters is 1. The molecule has 3 unspecified atom stereocenters. The van der Waals surface area contributed by atoms with Gasteiger partial charge in [-0.05, 0) is 38.5 Å². The second kappa shape index (κ2) is 42.8. The highest BCUT2D eigenvalue weighted by molar-refractivity contribution is 7.47. The molecule has 0 fully saturated rings. The third-order valence-electron chi connectivity index (χ3n) is 10.2. The van der Waals surface area contributed by atoms with E-state index in [4.69, 9.17) is 23.6 Å². The largest absolute Gasteiger partial charge is 0.472 e. The van der Waals surface area contributed by atoms with Gasteiger partial charge in [0.25, 0.3) is 0 Å². The standard InChI is InChI=1S/C45H89O9P/c1-3-5-7-9-11-13-15-17-18-19-20-21-22-23-24-25-26-28-30-32-34-36-38-51-41-44(42-53-55(49,50)52-40-43(47)39-46)54-45(48)37-35-33-31-29-27-16-14-12-10-8-6-4-2/h12,14,43-44,46-47H,3-11,13,15-42H2,1-2H3,(H,49,50)/b14-12-. The van der Waals surface area contributed by atoms with E-state index in [1.807, 2.05) is 0 Å². The number of carbonyl (C=O) groups is 1. The average molecular weight is 805 g/mol. The van der Waals surface area contributed by atoms with Crippen molar-refractivity contribution >= 4 is 13.8 Å². The molecule has 10 heteroatoms. The van der Waals surface area contributed by atoms with Crippen molar-refractivity contribution in [3.05, 3.63) is 12.2 Å². The molecule has 0 radical (unpaired) electrons. The second-order valence-electron chi connectivity index (χ2n) is 15.8. The number of hydrogen-bond acceptors (Lipinski definition) is 8. The molecule has 0 aliphatic heterocycles. The number of hydrogen-bond donors (Lipinski definition) is 3. The molecule has 0 aliphatic rings. The molecular weight excluding hydrogens is 715 g/mol. The maximum Gasteiger partial charge on any atom is 0.472 e. The molecule has 9 nitrogen and oxygen atoms in total. The average Bonchev–Trinajstić information content (AvgIpc) is 3.18. The van der Waals surface area contributed by atoms with Gasteiger partial charge in [0.05, 0.1) is 26.4 Å². The zero-order chi connectivity index (χ0) is 40.3. The Morgan fingerprint density at radius 3 is 1.40 bits per heavy atom.